The van der Waals surface area contributed by atoms with Crippen LogP contribution in [-0.2, 0) is 12.0 Å². The van der Waals surface area contributed by atoms with Crippen LogP contribution in [0.25, 0.3) is 0 Å². The minimum Gasteiger partial charge on any atom is -0.486 e. The number of hydrogen-bond acceptors (Lipinski definition) is 4. The summed E-state index contributed by atoms with van der Waals surface area (Å²) in [5.74, 6) is 0.766. The predicted octanol–water partition coefficient (Wildman–Crippen LogP) is 4.69. The molecule has 0 aliphatic carbocycles. The lowest BCUT2D eigenvalue weighted by molar-refractivity contribution is 0.300. The maximum atomic E-state index is 6.01. The molecule has 2 N–H and O–H groups in total. The lowest BCUT2D eigenvalue weighted by atomic mass is 9.93. The van der Waals surface area contributed by atoms with Gasteiger partial charge in [-0.2, -0.15) is 0 Å². The summed E-state index contributed by atoms with van der Waals surface area (Å²) in [6.07, 6.45) is 0. The van der Waals surface area contributed by atoms with Crippen LogP contribution in [0, 0.1) is 0 Å². The SMILES string of the molecule is C[C@@H](N)c1cc(Cl)ccc1OCc1nc(C(C)(C)C)cs1. The number of thiazole rings is 1. The number of ether oxygens (including phenoxy) is 1. The van der Waals surface area contributed by atoms with Crippen molar-refractivity contribution in [2.24, 2.45) is 5.73 Å². The first-order valence-corrected chi connectivity index (χ1v) is 8.16. The van der Waals surface area contributed by atoms with E-state index in [-0.39, 0.29) is 11.5 Å². The maximum Gasteiger partial charge on any atom is 0.140 e. The summed E-state index contributed by atoms with van der Waals surface area (Å²) in [4.78, 5) is 4.62. The van der Waals surface area contributed by atoms with Crippen LogP contribution in [0.5, 0.6) is 5.75 Å². The van der Waals surface area contributed by atoms with Crippen molar-refractivity contribution in [3.05, 3.63) is 44.9 Å². The maximum absolute atomic E-state index is 6.01. The molecule has 0 unspecified atom stereocenters. The van der Waals surface area contributed by atoms with Crippen LogP contribution in [0.4, 0.5) is 0 Å². The van der Waals surface area contributed by atoms with E-state index in [4.69, 9.17) is 22.1 Å². The third-order valence-electron chi connectivity index (χ3n) is 3.13. The van der Waals surface area contributed by atoms with E-state index in [1.807, 2.05) is 25.1 Å². The number of rotatable bonds is 4. The Bertz CT molecular complexity index is 617. The van der Waals surface area contributed by atoms with Gasteiger partial charge < -0.3 is 10.5 Å². The van der Waals surface area contributed by atoms with E-state index in [9.17, 15) is 0 Å². The van der Waals surface area contributed by atoms with Crippen LogP contribution in [0.3, 0.4) is 0 Å². The molecule has 21 heavy (non-hydrogen) atoms. The van der Waals surface area contributed by atoms with E-state index in [0.717, 1.165) is 22.0 Å². The first-order valence-electron chi connectivity index (χ1n) is 6.90. The second kappa shape index (κ2) is 6.34. The largest absolute Gasteiger partial charge is 0.486 e. The molecule has 1 atom stereocenters. The molecule has 3 nitrogen and oxygen atoms in total. The lowest BCUT2D eigenvalue weighted by Crippen LogP contribution is -2.12. The molecule has 0 radical (unpaired) electrons. The molecule has 2 rings (SSSR count). The van der Waals surface area contributed by atoms with Gasteiger partial charge in [-0.1, -0.05) is 32.4 Å². The van der Waals surface area contributed by atoms with Gasteiger partial charge in [-0.3, -0.25) is 0 Å². The van der Waals surface area contributed by atoms with Gasteiger partial charge in [-0.25, -0.2) is 4.98 Å². The summed E-state index contributed by atoms with van der Waals surface area (Å²) in [5.41, 5.74) is 8.03. The van der Waals surface area contributed by atoms with Gasteiger partial charge >= 0.3 is 0 Å². The fraction of sp³-hybridized carbons (Fsp3) is 0.438. The minimum absolute atomic E-state index is 0.0615. The number of benzene rings is 1. The molecule has 0 saturated heterocycles. The van der Waals surface area contributed by atoms with Gasteiger partial charge in [0.15, 0.2) is 0 Å². The second-order valence-corrected chi connectivity index (χ2v) is 7.52. The summed E-state index contributed by atoms with van der Waals surface area (Å²) in [5, 5.41) is 3.72. The third kappa shape index (κ3) is 4.19. The van der Waals surface area contributed by atoms with Crippen molar-refractivity contribution in [1.29, 1.82) is 0 Å². The van der Waals surface area contributed by atoms with Crippen LogP contribution in [0.2, 0.25) is 5.02 Å². The first kappa shape index (κ1) is 16.3. The van der Waals surface area contributed by atoms with Crippen LogP contribution < -0.4 is 10.5 Å². The Balaban J connectivity index is 2.12. The number of hydrogen-bond donors (Lipinski definition) is 1. The van der Waals surface area contributed by atoms with E-state index >= 15 is 0 Å². The lowest BCUT2D eigenvalue weighted by Gasteiger charge is -2.15. The average Bonchev–Trinajstić information content (AvgIpc) is 2.85. The van der Waals surface area contributed by atoms with Crippen molar-refractivity contribution in [1.82, 2.24) is 4.98 Å². The molecule has 0 spiro atoms. The molecule has 0 amide bonds. The topological polar surface area (TPSA) is 48.1 Å². The van der Waals surface area contributed by atoms with Gasteiger partial charge in [0.05, 0.1) is 5.69 Å². The van der Waals surface area contributed by atoms with Gasteiger partial charge in [-0.05, 0) is 25.1 Å². The Kier molecular flexibility index (Phi) is 4.91. The highest BCUT2D eigenvalue weighted by molar-refractivity contribution is 7.09. The summed E-state index contributed by atoms with van der Waals surface area (Å²) in [7, 11) is 0. The Morgan fingerprint density at radius 3 is 2.67 bits per heavy atom. The fourth-order valence-corrected chi connectivity index (χ4v) is 2.98. The zero-order valence-corrected chi connectivity index (χ0v) is 14.4. The smallest absolute Gasteiger partial charge is 0.140 e. The molecule has 0 bridgehead atoms. The van der Waals surface area contributed by atoms with E-state index in [0.29, 0.717) is 11.6 Å². The highest BCUT2D eigenvalue weighted by Crippen LogP contribution is 2.29. The molecule has 1 aromatic carbocycles. The fourth-order valence-electron chi connectivity index (χ4n) is 1.87. The molecular formula is C16H21ClN2OS. The molecule has 114 valence electrons. The molecule has 1 aromatic heterocycles. The summed E-state index contributed by atoms with van der Waals surface area (Å²) in [6.45, 7) is 8.82. The van der Waals surface area contributed by atoms with E-state index in [2.05, 4.69) is 31.1 Å². The van der Waals surface area contributed by atoms with Crippen molar-refractivity contribution >= 4 is 22.9 Å². The molecule has 0 aliphatic heterocycles. The Morgan fingerprint density at radius 2 is 2.10 bits per heavy atom. The monoisotopic (exact) mass is 324 g/mol. The van der Waals surface area contributed by atoms with Gasteiger partial charge in [0.25, 0.3) is 0 Å². The molecule has 2 aromatic rings. The van der Waals surface area contributed by atoms with Gasteiger partial charge in [0, 0.05) is 27.4 Å². The first-order chi connectivity index (χ1) is 9.77. The zero-order valence-electron chi connectivity index (χ0n) is 12.8. The zero-order chi connectivity index (χ0) is 15.6. The summed E-state index contributed by atoms with van der Waals surface area (Å²) in [6, 6.07) is 5.40. The number of aromatic nitrogens is 1. The normalized spacial score (nSPS) is 13.2. The van der Waals surface area contributed by atoms with Crippen LogP contribution in [-0.4, -0.2) is 4.98 Å². The summed E-state index contributed by atoms with van der Waals surface area (Å²) >= 11 is 7.63. The molecule has 0 saturated carbocycles. The predicted molar refractivity (Wildman–Crippen MR) is 89.2 cm³/mol. The van der Waals surface area contributed by atoms with Crippen LogP contribution >= 0.6 is 22.9 Å². The summed E-state index contributed by atoms with van der Waals surface area (Å²) < 4.78 is 5.87. The van der Waals surface area contributed by atoms with Crippen molar-refractivity contribution < 1.29 is 4.74 Å². The third-order valence-corrected chi connectivity index (χ3v) is 4.19. The molecule has 1 heterocycles. The minimum atomic E-state index is -0.125. The molecular weight excluding hydrogens is 304 g/mol. The molecule has 0 aliphatic rings. The quantitative estimate of drug-likeness (QED) is 0.887. The van der Waals surface area contributed by atoms with Crippen LogP contribution in [0.1, 0.15) is 50.0 Å². The van der Waals surface area contributed by atoms with Crippen molar-refractivity contribution in [2.45, 2.75) is 45.8 Å². The number of halogens is 1. The Labute approximate surface area is 135 Å². The van der Waals surface area contributed by atoms with Crippen molar-refractivity contribution in [3.63, 3.8) is 0 Å². The van der Waals surface area contributed by atoms with E-state index in [1.165, 1.54) is 0 Å². The standard InChI is InChI=1S/C16H21ClN2OS/c1-10(18)12-7-11(17)5-6-13(12)20-8-15-19-14(9-21-15)16(2,3)4/h5-7,9-10H,8,18H2,1-4H3/t10-/m1/s1. The van der Waals surface area contributed by atoms with Crippen LogP contribution in [0.15, 0.2) is 23.6 Å². The van der Waals surface area contributed by atoms with E-state index < -0.39 is 0 Å². The van der Waals surface area contributed by atoms with Gasteiger partial charge in [0.2, 0.25) is 0 Å². The molecule has 0 fully saturated rings. The highest BCUT2D eigenvalue weighted by Gasteiger charge is 2.18. The Hall–Kier alpha value is -1.10. The van der Waals surface area contributed by atoms with Gasteiger partial charge in [-0.15, -0.1) is 11.3 Å². The second-order valence-electron chi connectivity index (χ2n) is 6.14. The number of nitrogens with zero attached hydrogens (tertiary/aromatic N) is 1. The average molecular weight is 325 g/mol. The van der Waals surface area contributed by atoms with Crippen molar-refractivity contribution in [3.8, 4) is 5.75 Å². The highest BCUT2D eigenvalue weighted by atomic mass is 35.5. The Morgan fingerprint density at radius 1 is 1.38 bits per heavy atom. The van der Waals surface area contributed by atoms with Gasteiger partial charge in [0.1, 0.15) is 17.4 Å². The number of nitrogens with two attached hydrogens (primary N) is 1. The van der Waals surface area contributed by atoms with E-state index in [1.54, 1.807) is 11.3 Å². The van der Waals surface area contributed by atoms with Crippen molar-refractivity contribution in [2.75, 3.05) is 0 Å². The molecule has 5 heteroatoms.